The van der Waals surface area contributed by atoms with Crippen molar-refractivity contribution in [3.8, 4) is 0 Å². The number of hydrogen-bond donors (Lipinski definition) is 2. The predicted octanol–water partition coefficient (Wildman–Crippen LogP) is 0.544. The lowest BCUT2D eigenvalue weighted by atomic mass is 10.0. The van der Waals surface area contributed by atoms with Gasteiger partial charge in [-0.2, -0.15) is 0 Å². The Morgan fingerprint density at radius 3 is 3.17 bits per heavy atom. The SMILES string of the molecule is C=CCOC(=O)N1Cc2[nH]cnc2C[C@@H]1C(=O)O. The van der Waals surface area contributed by atoms with Crippen LogP contribution in [0.25, 0.3) is 0 Å². The second kappa shape index (κ2) is 4.91. The number of carboxylic acid groups (broad SMARTS) is 1. The zero-order chi connectivity index (χ0) is 13.1. The fraction of sp³-hybridized carbons (Fsp3) is 0.364. The Labute approximate surface area is 103 Å². The van der Waals surface area contributed by atoms with Gasteiger partial charge < -0.3 is 14.8 Å². The number of fused-ring (bicyclic) bond motifs is 1. The van der Waals surface area contributed by atoms with E-state index < -0.39 is 18.1 Å². The molecule has 2 N–H and O–H groups in total. The van der Waals surface area contributed by atoms with Gasteiger partial charge in [-0.3, -0.25) is 4.90 Å². The van der Waals surface area contributed by atoms with Crippen LogP contribution in [0.1, 0.15) is 11.4 Å². The van der Waals surface area contributed by atoms with Crippen molar-refractivity contribution in [3.05, 3.63) is 30.4 Å². The monoisotopic (exact) mass is 251 g/mol. The summed E-state index contributed by atoms with van der Waals surface area (Å²) in [6.07, 6.45) is 2.43. The Bertz CT molecular complexity index is 482. The summed E-state index contributed by atoms with van der Waals surface area (Å²) in [6.45, 7) is 3.64. The molecule has 1 aromatic heterocycles. The second-order valence-electron chi connectivity index (χ2n) is 3.88. The van der Waals surface area contributed by atoms with Crippen LogP contribution in [-0.4, -0.2) is 44.7 Å². The van der Waals surface area contributed by atoms with Gasteiger partial charge >= 0.3 is 12.1 Å². The molecule has 0 radical (unpaired) electrons. The normalized spacial score (nSPS) is 18.0. The summed E-state index contributed by atoms with van der Waals surface area (Å²) in [5, 5.41) is 9.14. The van der Waals surface area contributed by atoms with Gasteiger partial charge in [0.2, 0.25) is 0 Å². The van der Waals surface area contributed by atoms with Gasteiger partial charge in [0.1, 0.15) is 12.6 Å². The van der Waals surface area contributed by atoms with Crippen molar-refractivity contribution in [2.75, 3.05) is 6.61 Å². The van der Waals surface area contributed by atoms with E-state index in [2.05, 4.69) is 16.5 Å². The van der Waals surface area contributed by atoms with Gasteiger partial charge in [0.05, 0.1) is 24.3 Å². The van der Waals surface area contributed by atoms with Gasteiger partial charge in [-0.05, 0) is 0 Å². The highest BCUT2D eigenvalue weighted by Gasteiger charge is 2.36. The van der Waals surface area contributed by atoms with Crippen LogP contribution >= 0.6 is 0 Å². The summed E-state index contributed by atoms with van der Waals surface area (Å²) >= 11 is 0. The van der Waals surface area contributed by atoms with Crippen LogP contribution in [0.4, 0.5) is 4.79 Å². The van der Waals surface area contributed by atoms with Crippen molar-refractivity contribution in [2.45, 2.75) is 19.0 Å². The molecule has 0 saturated heterocycles. The molecule has 18 heavy (non-hydrogen) atoms. The smallest absolute Gasteiger partial charge is 0.411 e. The number of nitrogens with zero attached hydrogens (tertiary/aromatic N) is 2. The molecule has 1 aliphatic rings. The lowest BCUT2D eigenvalue weighted by Gasteiger charge is -2.31. The maximum atomic E-state index is 11.8. The van der Waals surface area contributed by atoms with Crippen molar-refractivity contribution >= 4 is 12.1 Å². The first kappa shape index (κ1) is 12.2. The summed E-state index contributed by atoms with van der Waals surface area (Å²) in [7, 11) is 0. The Kier molecular flexibility index (Phi) is 3.31. The highest BCUT2D eigenvalue weighted by atomic mass is 16.6. The molecule has 96 valence electrons. The Hall–Kier alpha value is -2.31. The van der Waals surface area contributed by atoms with Crippen molar-refractivity contribution in [1.82, 2.24) is 14.9 Å². The van der Waals surface area contributed by atoms with Gasteiger partial charge in [-0.25, -0.2) is 14.6 Å². The summed E-state index contributed by atoms with van der Waals surface area (Å²) in [5.41, 5.74) is 1.42. The first-order chi connectivity index (χ1) is 8.63. The largest absolute Gasteiger partial charge is 0.480 e. The minimum absolute atomic E-state index is 0.0531. The van der Waals surface area contributed by atoms with E-state index in [4.69, 9.17) is 9.84 Å². The number of amides is 1. The molecule has 2 rings (SSSR count). The molecule has 2 heterocycles. The lowest BCUT2D eigenvalue weighted by Crippen LogP contribution is -2.48. The molecule has 0 unspecified atom stereocenters. The van der Waals surface area contributed by atoms with E-state index in [1.54, 1.807) is 0 Å². The standard InChI is InChI=1S/C11H13N3O4/c1-2-3-18-11(17)14-5-8-7(12-6-13-8)4-9(14)10(15)16/h2,6,9H,1,3-5H2,(H,12,13)(H,15,16)/t9-/m1/s1. The number of rotatable bonds is 3. The Morgan fingerprint density at radius 2 is 2.50 bits per heavy atom. The molecule has 0 aliphatic carbocycles. The maximum absolute atomic E-state index is 11.8. The number of H-pyrrole nitrogens is 1. The number of aliphatic carboxylic acids is 1. The quantitative estimate of drug-likeness (QED) is 0.764. The molecule has 1 atom stereocenters. The summed E-state index contributed by atoms with van der Waals surface area (Å²) < 4.78 is 4.87. The van der Waals surface area contributed by atoms with Crippen LogP contribution in [0.2, 0.25) is 0 Å². The Balaban J connectivity index is 2.19. The molecule has 1 aromatic rings. The molecule has 1 aliphatic heterocycles. The van der Waals surface area contributed by atoms with E-state index in [-0.39, 0.29) is 19.6 Å². The average molecular weight is 251 g/mol. The molecular formula is C11H13N3O4. The van der Waals surface area contributed by atoms with Gasteiger partial charge in [0, 0.05) is 6.42 Å². The van der Waals surface area contributed by atoms with Crippen molar-refractivity contribution in [2.24, 2.45) is 0 Å². The van der Waals surface area contributed by atoms with Crippen LogP contribution in [0, 0.1) is 0 Å². The molecule has 0 saturated carbocycles. The Morgan fingerprint density at radius 1 is 1.72 bits per heavy atom. The molecule has 1 amide bonds. The van der Waals surface area contributed by atoms with Crippen LogP contribution in [0.15, 0.2) is 19.0 Å². The van der Waals surface area contributed by atoms with Gasteiger partial charge in [-0.15, -0.1) is 0 Å². The second-order valence-corrected chi connectivity index (χ2v) is 3.88. The molecule has 0 aromatic carbocycles. The average Bonchev–Trinajstić information content (AvgIpc) is 2.81. The number of aromatic amines is 1. The fourth-order valence-electron chi connectivity index (χ4n) is 1.86. The van der Waals surface area contributed by atoms with E-state index in [0.29, 0.717) is 5.69 Å². The number of carboxylic acids is 1. The number of nitrogens with one attached hydrogen (secondary N) is 1. The summed E-state index contributed by atoms with van der Waals surface area (Å²) in [5.74, 6) is -1.07. The van der Waals surface area contributed by atoms with Crippen LogP contribution in [0.5, 0.6) is 0 Å². The minimum Gasteiger partial charge on any atom is -0.480 e. The third-order valence-corrected chi connectivity index (χ3v) is 2.74. The van der Waals surface area contributed by atoms with Crippen LogP contribution in [0.3, 0.4) is 0 Å². The van der Waals surface area contributed by atoms with Gasteiger partial charge in [0.25, 0.3) is 0 Å². The number of imidazole rings is 1. The first-order valence-electron chi connectivity index (χ1n) is 5.41. The number of hydrogen-bond acceptors (Lipinski definition) is 4. The number of carbonyl (C=O) groups excluding carboxylic acids is 1. The number of aromatic nitrogens is 2. The van der Waals surface area contributed by atoms with Crippen molar-refractivity contribution < 1.29 is 19.4 Å². The van der Waals surface area contributed by atoms with Crippen molar-refractivity contribution in [3.63, 3.8) is 0 Å². The molecule has 0 fully saturated rings. The number of carbonyl (C=O) groups is 2. The van der Waals surface area contributed by atoms with Gasteiger partial charge in [-0.1, -0.05) is 12.7 Å². The third kappa shape index (κ3) is 2.20. The zero-order valence-electron chi connectivity index (χ0n) is 9.63. The third-order valence-electron chi connectivity index (χ3n) is 2.74. The van der Waals surface area contributed by atoms with Crippen molar-refractivity contribution in [1.29, 1.82) is 0 Å². The molecule has 7 heteroatoms. The first-order valence-corrected chi connectivity index (χ1v) is 5.41. The zero-order valence-corrected chi connectivity index (χ0v) is 9.63. The number of ether oxygens (including phenoxy) is 1. The van der Waals surface area contributed by atoms with Crippen LogP contribution in [-0.2, 0) is 22.5 Å². The topological polar surface area (TPSA) is 95.5 Å². The van der Waals surface area contributed by atoms with E-state index in [0.717, 1.165) is 5.69 Å². The van der Waals surface area contributed by atoms with E-state index in [1.807, 2.05) is 0 Å². The minimum atomic E-state index is -1.07. The molecule has 0 bridgehead atoms. The van der Waals surface area contributed by atoms with Crippen LogP contribution < -0.4 is 0 Å². The molecule has 0 spiro atoms. The predicted molar refractivity (Wildman–Crippen MR) is 60.8 cm³/mol. The van der Waals surface area contributed by atoms with E-state index in [1.165, 1.54) is 17.3 Å². The fourth-order valence-corrected chi connectivity index (χ4v) is 1.86. The maximum Gasteiger partial charge on any atom is 0.411 e. The molecular weight excluding hydrogens is 238 g/mol. The van der Waals surface area contributed by atoms with E-state index >= 15 is 0 Å². The lowest BCUT2D eigenvalue weighted by molar-refractivity contribution is -0.143. The summed E-state index contributed by atoms with van der Waals surface area (Å²) in [6, 6.07) is -0.946. The van der Waals surface area contributed by atoms with E-state index in [9.17, 15) is 9.59 Å². The summed E-state index contributed by atoms with van der Waals surface area (Å²) in [4.78, 5) is 31.0. The highest BCUT2D eigenvalue weighted by Crippen LogP contribution is 2.21. The molecule has 7 nitrogen and oxygen atoms in total. The van der Waals surface area contributed by atoms with Gasteiger partial charge in [0.15, 0.2) is 0 Å². The highest BCUT2D eigenvalue weighted by molar-refractivity contribution is 5.81.